The van der Waals surface area contributed by atoms with Gasteiger partial charge in [0, 0.05) is 11.6 Å². The molecule has 0 saturated carbocycles. The van der Waals surface area contributed by atoms with E-state index in [1.165, 1.54) is 6.07 Å². The van der Waals surface area contributed by atoms with Crippen molar-refractivity contribution in [2.24, 2.45) is 0 Å². The fraction of sp³-hybridized carbons (Fsp3) is 0.294. The first kappa shape index (κ1) is 17.8. The molecule has 0 aliphatic heterocycles. The molecule has 4 nitrogen and oxygen atoms in total. The van der Waals surface area contributed by atoms with Gasteiger partial charge in [-0.1, -0.05) is 23.7 Å². The van der Waals surface area contributed by atoms with Crippen molar-refractivity contribution >= 4 is 21.6 Å². The summed E-state index contributed by atoms with van der Waals surface area (Å²) in [6.45, 7) is 4.54. The van der Waals surface area contributed by atoms with Crippen LogP contribution in [-0.2, 0) is 10.0 Å². The van der Waals surface area contributed by atoms with Crippen LogP contribution in [0.1, 0.15) is 17.5 Å². The smallest absolute Gasteiger partial charge is 0.240 e. The van der Waals surface area contributed by atoms with Crippen LogP contribution in [0.3, 0.4) is 0 Å². The van der Waals surface area contributed by atoms with Gasteiger partial charge in [-0.05, 0) is 61.7 Å². The number of aryl methyl sites for hydroxylation is 2. The first-order valence-corrected chi connectivity index (χ1v) is 9.20. The second kappa shape index (κ2) is 7.81. The third-order valence-electron chi connectivity index (χ3n) is 3.31. The van der Waals surface area contributed by atoms with E-state index < -0.39 is 10.0 Å². The average Bonchev–Trinajstić information content (AvgIpc) is 2.49. The van der Waals surface area contributed by atoms with Gasteiger partial charge in [0.05, 0.1) is 11.5 Å². The Kier molecular flexibility index (Phi) is 6.04. The molecule has 0 saturated heterocycles. The molecule has 23 heavy (non-hydrogen) atoms. The van der Waals surface area contributed by atoms with Crippen molar-refractivity contribution in [2.75, 3.05) is 13.2 Å². The van der Waals surface area contributed by atoms with Gasteiger partial charge in [-0.25, -0.2) is 13.1 Å². The topological polar surface area (TPSA) is 55.4 Å². The molecule has 0 unspecified atom stereocenters. The Morgan fingerprint density at radius 2 is 1.91 bits per heavy atom. The Morgan fingerprint density at radius 1 is 1.13 bits per heavy atom. The van der Waals surface area contributed by atoms with Gasteiger partial charge in [0.2, 0.25) is 10.0 Å². The predicted molar refractivity (Wildman–Crippen MR) is 92.7 cm³/mol. The van der Waals surface area contributed by atoms with Gasteiger partial charge in [-0.2, -0.15) is 0 Å². The van der Waals surface area contributed by atoms with E-state index in [0.717, 1.165) is 16.9 Å². The molecule has 0 spiro atoms. The maximum absolute atomic E-state index is 12.2. The molecule has 0 aromatic heterocycles. The number of sulfonamides is 1. The maximum atomic E-state index is 12.2. The van der Waals surface area contributed by atoms with Crippen LogP contribution < -0.4 is 9.46 Å². The molecular weight excluding hydrogens is 334 g/mol. The summed E-state index contributed by atoms with van der Waals surface area (Å²) >= 11 is 5.91. The molecule has 0 bridgehead atoms. The Bertz CT molecular complexity index is 775. The summed E-state index contributed by atoms with van der Waals surface area (Å²) in [5.41, 5.74) is 1.86. The highest BCUT2D eigenvalue weighted by Crippen LogP contribution is 2.19. The summed E-state index contributed by atoms with van der Waals surface area (Å²) in [6, 6.07) is 12.4. The molecule has 0 aliphatic rings. The Morgan fingerprint density at radius 3 is 2.61 bits per heavy atom. The minimum atomic E-state index is -3.52. The molecule has 2 rings (SSSR count). The molecule has 2 aromatic carbocycles. The molecule has 0 radical (unpaired) electrons. The van der Waals surface area contributed by atoms with E-state index >= 15 is 0 Å². The lowest BCUT2D eigenvalue weighted by molar-refractivity contribution is 0.311. The number of hydrogen-bond acceptors (Lipinski definition) is 3. The number of nitrogens with one attached hydrogen (secondary N) is 1. The Hall–Kier alpha value is -1.56. The molecule has 0 amide bonds. The quantitative estimate of drug-likeness (QED) is 0.772. The highest BCUT2D eigenvalue weighted by atomic mass is 35.5. The second-order valence-electron chi connectivity index (χ2n) is 5.33. The third kappa shape index (κ3) is 5.23. The average molecular weight is 354 g/mol. The van der Waals surface area contributed by atoms with E-state index in [0.29, 0.717) is 24.6 Å². The van der Waals surface area contributed by atoms with Crippen LogP contribution in [0.15, 0.2) is 47.4 Å². The lowest BCUT2D eigenvalue weighted by Gasteiger charge is -2.09. The highest BCUT2D eigenvalue weighted by Gasteiger charge is 2.14. The fourth-order valence-electron chi connectivity index (χ4n) is 2.04. The zero-order chi connectivity index (χ0) is 16.9. The van der Waals surface area contributed by atoms with E-state index in [9.17, 15) is 8.42 Å². The van der Waals surface area contributed by atoms with Crippen molar-refractivity contribution in [2.45, 2.75) is 25.2 Å². The van der Waals surface area contributed by atoms with Crippen LogP contribution in [0.2, 0.25) is 5.02 Å². The fourth-order valence-corrected chi connectivity index (χ4v) is 3.32. The lowest BCUT2D eigenvalue weighted by atomic mass is 10.2. The van der Waals surface area contributed by atoms with Crippen molar-refractivity contribution in [1.29, 1.82) is 0 Å². The lowest BCUT2D eigenvalue weighted by Crippen LogP contribution is -2.26. The maximum Gasteiger partial charge on any atom is 0.240 e. The first-order chi connectivity index (χ1) is 10.9. The molecular formula is C17H20ClNO3S. The van der Waals surface area contributed by atoms with Gasteiger partial charge in [0.15, 0.2) is 0 Å². The van der Waals surface area contributed by atoms with E-state index in [1.807, 2.05) is 31.2 Å². The van der Waals surface area contributed by atoms with Gasteiger partial charge < -0.3 is 4.74 Å². The molecule has 0 heterocycles. The van der Waals surface area contributed by atoms with Crippen LogP contribution in [0.25, 0.3) is 0 Å². The van der Waals surface area contributed by atoms with E-state index in [2.05, 4.69) is 4.72 Å². The van der Waals surface area contributed by atoms with Gasteiger partial charge in [-0.3, -0.25) is 0 Å². The minimum absolute atomic E-state index is 0.221. The molecule has 0 atom stereocenters. The summed E-state index contributed by atoms with van der Waals surface area (Å²) in [5, 5.41) is 0.551. The number of halogens is 1. The van der Waals surface area contributed by atoms with Gasteiger partial charge in [-0.15, -0.1) is 0 Å². The van der Waals surface area contributed by atoms with E-state index in [1.54, 1.807) is 19.1 Å². The summed E-state index contributed by atoms with van der Waals surface area (Å²) in [4.78, 5) is 0.221. The zero-order valence-corrected chi connectivity index (χ0v) is 14.7. The van der Waals surface area contributed by atoms with Crippen LogP contribution in [0.5, 0.6) is 5.75 Å². The standard InChI is InChI=1S/C17H20ClNO3S/c1-13-5-3-6-15(11-13)22-10-4-9-19-23(20,21)16-7-8-17(18)14(2)12-16/h3,5-8,11-12,19H,4,9-10H2,1-2H3. The highest BCUT2D eigenvalue weighted by molar-refractivity contribution is 7.89. The molecule has 2 aromatic rings. The molecule has 0 aliphatic carbocycles. The predicted octanol–water partition coefficient (Wildman–Crippen LogP) is 3.70. The SMILES string of the molecule is Cc1cccc(OCCCNS(=O)(=O)c2ccc(Cl)c(C)c2)c1. The molecule has 124 valence electrons. The van der Waals surface area contributed by atoms with Gasteiger partial charge in [0.1, 0.15) is 5.75 Å². The van der Waals surface area contributed by atoms with Crippen LogP contribution in [-0.4, -0.2) is 21.6 Å². The van der Waals surface area contributed by atoms with Crippen LogP contribution in [0, 0.1) is 13.8 Å². The van der Waals surface area contributed by atoms with Crippen LogP contribution >= 0.6 is 11.6 Å². The summed E-state index contributed by atoms with van der Waals surface area (Å²) in [7, 11) is -3.52. The molecule has 1 N–H and O–H groups in total. The van der Waals surface area contributed by atoms with Crippen molar-refractivity contribution in [1.82, 2.24) is 4.72 Å². The number of rotatable bonds is 7. The minimum Gasteiger partial charge on any atom is -0.494 e. The zero-order valence-electron chi connectivity index (χ0n) is 13.2. The summed E-state index contributed by atoms with van der Waals surface area (Å²) in [6.07, 6.45) is 0.583. The van der Waals surface area contributed by atoms with Crippen LogP contribution in [0.4, 0.5) is 0 Å². The molecule has 6 heteroatoms. The van der Waals surface area contributed by atoms with Crippen molar-refractivity contribution in [3.05, 3.63) is 58.6 Å². The largest absolute Gasteiger partial charge is 0.494 e. The number of ether oxygens (including phenoxy) is 1. The second-order valence-corrected chi connectivity index (χ2v) is 7.50. The molecule has 0 fully saturated rings. The normalized spacial score (nSPS) is 11.4. The van der Waals surface area contributed by atoms with Gasteiger partial charge in [0.25, 0.3) is 0 Å². The monoisotopic (exact) mass is 353 g/mol. The van der Waals surface area contributed by atoms with Gasteiger partial charge >= 0.3 is 0 Å². The van der Waals surface area contributed by atoms with Crippen molar-refractivity contribution in [3.63, 3.8) is 0 Å². The third-order valence-corrected chi connectivity index (χ3v) is 5.19. The van der Waals surface area contributed by atoms with E-state index in [4.69, 9.17) is 16.3 Å². The van der Waals surface area contributed by atoms with Crippen molar-refractivity contribution in [3.8, 4) is 5.75 Å². The summed E-state index contributed by atoms with van der Waals surface area (Å²) < 4.78 is 32.5. The first-order valence-electron chi connectivity index (χ1n) is 7.34. The van der Waals surface area contributed by atoms with Crippen molar-refractivity contribution < 1.29 is 13.2 Å². The number of hydrogen-bond donors (Lipinski definition) is 1. The van der Waals surface area contributed by atoms with E-state index in [-0.39, 0.29) is 4.90 Å². The number of benzene rings is 2. The summed E-state index contributed by atoms with van der Waals surface area (Å²) in [5.74, 6) is 0.793. The Balaban J connectivity index is 1.82. The Labute approximate surface area is 142 Å².